The summed E-state index contributed by atoms with van der Waals surface area (Å²) in [6.45, 7) is 8.33. The number of nitrogens with two attached hydrogens (primary N) is 1. The molecule has 0 atom stereocenters. The summed E-state index contributed by atoms with van der Waals surface area (Å²) in [5.41, 5.74) is 7.77. The van der Waals surface area contributed by atoms with E-state index in [2.05, 4.69) is 13.2 Å². The van der Waals surface area contributed by atoms with Gasteiger partial charge in [-0.3, -0.25) is 4.79 Å². The number of hydrogen-bond donors (Lipinski definition) is 1. The summed E-state index contributed by atoms with van der Waals surface area (Å²) in [7, 11) is 0. The molecule has 22 heavy (non-hydrogen) atoms. The lowest BCUT2D eigenvalue weighted by Gasteiger charge is -2.10. The Morgan fingerprint density at radius 1 is 1.18 bits per heavy atom. The fourth-order valence-electron chi connectivity index (χ4n) is 1.90. The van der Waals surface area contributed by atoms with Crippen LogP contribution in [0.25, 0.3) is 6.08 Å². The van der Waals surface area contributed by atoms with Gasteiger partial charge in [0.15, 0.2) is 0 Å². The second kappa shape index (κ2) is 9.19. The van der Waals surface area contributed by atoms with E-state index in [1.807, 2.05) is 55.5 Å². The maximum Gasteiger partial charge on any atom is 0.252 e. The van der Waals surface area contributed by atoms with Gasteiger partial charge in [-0.2, -0.15) is 0 Å². The first-order valence-corrected chi connectivity index (χ1v) is 6.94. The van der Waals surface area contributed by atoms with Gasteiger partial charge in [-0.1, -0.05) is 48.6 Å². The molecule has 0 aliphatic heterocycles. The van der Waals surface area contributed by atoms with E-state index in [4.69, 9.17) is 10.5 Å². The van der Waals surface area contributed by atoms with Crippen molar-refractivity contribution in [3.05, 3.63) is 84.5 Å². The molecule has 0 fully saturated rings. The van der Waals surface area contributed by atoms with Crippen LogP contribution in [0, 0.1) is 0 Å². The minimum atomic E-state index is -0.487. The van der Waals surface area contributed by atoms with Gasteiger partial charge in [0, 0.05) is 0 Å². The number of primary amides is 1. The summed E-state index contributed by atoms with van der Waals surface area (Å²) in [5, 5.41) is 0. The van der Waals surface area contributed by atoms with Crippen molar-refractivity contribution in [2.45, 2.75) is 13.5 Å². The first-order valence-electron chi connectivity index (χ1n) is 6.94. The van der Waals surface area contributed by atoms with Crippen LogP contribution in [0.2, 0.25) is 0 Å². The first kappa shape index (κ1) is 17.2. The maximum absolute atomic E-state index is 11.5. The van der Waals surface area contributed by atoms with E-state index in [1.165, 1.54) is 0 Å². The molecule has 0 aliphatic carbocycles. The second-order valence-electron chi connectivity index (χ2n) is 4.39. The molecule has 2 aromatic carbocycles. The predicted octanol–water partition coefficient (Wildman–Crippen LogP) is 4.20. The lowest BCUT2D eigenvalue weighted by molar-refractivity contribution is 0.0996. The fourth-order valence-corrected chi connectivity index (χ4v) is 1.90. The molecule has 0 saturated carbocycles. The van der Waals surface area contributed by atoms with E-state index >= 15 is 0 Å². The van der Waals surface area contributed by atoms with Gasteiger partial charge in [-0.15, -0.1) is 13.2 Å². The molecule has 0 bridgehead atoms. The highest BCUT2D eigenvalue weighted by Gasteiger charge is 2.10. The van der Waals surface area contributed by atoms with Gasteiger partial charge in [-0.25, -0.2) is 0 Å². The van der Waals surface area contributed by atoms with E-state index in [0.717, 1.165) is 11.1 Å². The van der Waals surface area contributed by atoms with Crippen molar-refractivity contribution < 1.29 is 9.53 Å². The van der Waals surface area contributed by atoms with E-state index in [0.29, 0.717) is 17.9 Å². The predicted molar refractivity (Wildman–Crippen MR) is 91.7 cm³/mol. The monoisotopic (exact) mass is 295 g/mol. The molecule has 0 unspecified atom stereocenters. The number of carbonyl (C=O) groups is 1. The summed E-state index contributed by atoms with van der Waals surface area (Å²) in [6, 6.07) is 15.2. The van der Waals surface area contributed by atoms with Gasteiger partial charge in [0.1, 0.15) is 12.4 Å². The molecule has 0 aromatic heterocycles. The minimum absolute atomic E-state index is 0.400. The topological polar surface area (TPSA) is 52.3 Å². The van der Waals surface area contributed by atoms with Crippen LogP contribution in [0.5, 0.6) is 5.75 Å². The molecule has 2 aromatic rings. The van der Waals surface area contributed by atoms with E-state index in [9.17, 15) is 4.79 Å². The van der Waals surface area contributed by atoms with Gasteiger partial charge >= 0.3 is 0 Å². The zero-order valence-electron chi connectivity index (χ0n) is 12.8. The number of carbonyl (C=O) groups excluding carboxylic acids is 1. The van der Waals surface area contributed by atoms with Crippen LogP contribution in [-0.4, -0.2) is 5.91 Å². The quantitative estimate of drug-likeness (QED) is 0.840. The van der Waals surface area contributed by atoms with E-state index in [-0.39, 0.29) is 0 Å². The highest BCUT2D eigenvalue weighted by atomic mass is 16.5. The van der Waals surface area contributed by atoms with Crippen LogP contribution >= 0.6 is 0 Å². The fraction of sp³-hybridized carbons (Fsp3) is 0.105. The molecule has 2 N–H and O–H groups in total. The summed E-state index contributed by atoms with van der Waals surface area (Å²) in [4.78, 5) is 11.5. The normalized spacial score (nSPS) is 9.86. The van der Waals surface area contributed by atoms with Crippen LogP contribution < -0.4 is 10.5 Å². The van der Waals surface area contributed by atoms with Gasteiger partial charge in [-0.05, 0) is 30.2 Å². The molecule has 3 nitrogen and oxygen atoms in total. The molecular weight excluding hydrogens is 274 g/mol. The van der Waals surface area contributed by atoms with E-state index in [1.54, 1.807) is 12.1 Å². The Morgan fingerprint density at radius 3 is 2.45 bits per heavy atom. The SMILES string of the molecule is C/C=C/c1ccc(OCc2ccccc2)c(C(N)=O)c1.C=C. The molecule has 3 heteroatoms. The zero-order chi connectivity index (χ0) is 16.4. The third-order valence-electron chi connectivity index (χ3n) is 2.87. The van der Waals surface area contributed by atoms with Crippen molar-refractivity contribution in [2.24, 2.45) is 5.73 Å². The molecule has 0 heterocycles. The first-order chi connectivity index (χ1) is 10.7. The van der Waals surface area contributed by atoms with Crippen molar-refractivity contribution >= 4 is 12.0 Å². The van der Waals surface area contributed by atoms with Crippen molar-refractivity contribution in [3.63, 3.8) is 0 Å². The van der Waals surface area contributed by atoms with Crippen molar-refractivity contribution in [1.29, 1.82) is 0 Å². The zero-order valence-corrected chi connectivity index (χ0v) is 12.8. The van der Waals surface area contributed by atoms with Gasteiger partial charge in [0.2, 0.25) is 0 Å². The molecule has 0 aliphatic rings. The Labute approximate surface area is 131 Å². The number of benzene rings is 2. The van der Waals surface area contributed by atoms with Crippen molar-refractivity contribution in [1.82, 2.24) is 0 Å². The average Bonchev–Trinajstić information content (AvgIpc) is 2.56. The largest absolute Gasteiger partial charge is 0.488 e. The third kappa shape index (κ3) is 4.94. The smallest absolute Gasteiger partial charge is 0.252 e. The number of ether oxygens (including phenoxy) is 1. The lowest BCUT2D eigenvalue weighted by Crippen LogP contribution is -2.13. The van der Waals surface area contributed by atoms with Gasteiger partial charge < -0.3 is 10.5 Å². The Morgan fingerprint density at radius 2 is 1.86 bits per heavy atom. The van der Waals surface area contributed by atoms with Gasteiger partial charge in [0.25, 0.3) is 5.91 Å². The van der Waals surface area contributed by atoms with E-state index < -0.39 is 5.91 Å². The second-order valence-corrected chi connectivity index (χ2v) is 4.39. The maximum atomic E-state index is 11.5. The Hall–Kier alpha value is -2.81. The van der Waals surface area contributed by atoms with Crippen LogP contribution in [0.3, 0.4) is 0 Å². The van der Waals surface area contributed by atoms with Crippen LogP contribution in [0.15, 0.2) is 67.8 Å². The number of allylic oxidation sites excluding steroid dienone is 1. The van der Waals surface area contributed by atoms with Crippen molar-refractivity contribution in [3.8, 4) is 5.75 Å². The molecule has 0 saturated heterocycles. The van der Waals surface area contributed by atoms with Gasteiger partial charge in [0.05, 0.1) is 5.56 Å². The number of rotatable bonds is 5. The van der Waals surface area contributed by atoms with Crippen LogP contribution in [-0.2, 0) is 6.61 Å². The van der Waals surface area contributed by atoms with Crippen LogP contribution in [0.4, 0.5) is 0 Å². The third-order valence-corrected chi connectivity index (χ3v) is 2.87. The lowest BCUT2D eigenvalue weighted by atomic mass is 10.1. The Kier molecular flexibility index (Phi) is 7.20. The van der Waals surface area contributed by atoms with Crippen LogP contribution in [0.1, 0.15) is 28.4 Å². The molecule has 0 spiro atoms. The molecule has 1 amide bonds. The number of amides is 1. The molecular formula is C19H21NO2. The number of hydrogen-bond acceptors (Lipinski definition) is 2. The minimum Gasteiger partial charge on any atom is -0.488 e. The summed E-state index contributed by atoms with van der Waals surface area (Å²) < 4.78 is 5.69. The average molecular weight is 295 g/mol. The molecule has 114 valence electrons. The van der Waals surface area contributed by atoms with Crippen molar-refractivity contribution in [2.75, 3.05) is 0 Å². The molecule has 2 rings (SSSR count). The summed E-state index contributed by atoms with van der Waals surface area (Å²) in [5.74, 6) is 0.0222. The Bertz CT molecular complexity index is 633. The highest BCUT2D eigenvalue weighted by Crippen LogP contribution is 2.21. The molecule has 0 radical (unpaired) electrons. The highest BCUT2D eigenvalue weighted by molar-refractivity contribution is 5.96. The summed E-state index contributed by atoms with van der Waals surface area (Å²) in [6.07, 6.45) is 3.82. The summed E-state index contributed by atoms with van der Waals surface area (Å²) >= 11 is 0. The Balaban J connectivity index is 0.00000116. The standard InChI is InChI=1S/C17H17NO2.C2H4/c1-2-6-13-9-10-16(15(11-13)17(18)19)20-12-14-7-4-3-5-8-14;1-2/h2-11H,12H2,1H3,(H2,18,19);1-2H2/b6-2+;.